The first kappa shape index (κ1) is 22.3. The summed E-state index contributed by atoms with van der Waals surface area (Å²) in [6.45, 7) is 10.5. The Kier molecular flexibility index (Phi) is 6.45. The van der Waals surface area contributed by atoms with E-state index in [0.717, 1.165) is 47.3 Å². The molecule has 0 fully saturated rings. The Morgan fingerprint density at radius 1 is 1.12 bits per heavy atom. The number of aliphatic imine (C=N–C) groups is 1. The van der Waals surface area contributed by atoms with Gasteiger partial charge >= 0.3 is 0 Å². The SMILES string of the molecule is CCC(CC)CN1C(=O)Cc2cc(C3=CC(=C4C=CCN=C4)CN(C(C)C)C3=O)ccc21. The molecular formula is C27H33N3O2. The normalized spacial score (nSPS) is 20.6. The molecule has 0 radical (unpaired) electrons. The molecule has 1 aromatic rings. The van der Waals surface area contributed by atoms with Gasteiger partial charge in [-0.25, -0.2) is 0 Å². The fraction of sp³-hybridized carbons (Fsp3) is 0.444. The predicted octanol–water partition coefficient (Wildman–Crippen LogP) is 4.58. The monoisotopic (exact) mass is 431 g/mol. The first-order valence-electron chi connectivity index (χ1n) is 11.8. The molecule has 0 saturated heterocycles. The van der Waals surface area contributed by atoms with E-state index in [0.29, 0.717) is 31.0 Å². The van der Waals surface area contributed by atoms with Crippen LogP contribution in [0.2, 0.25) is 0 Å². The van der Waals surface area contributed by atoms with Gasteiger partial charge in [-0.15, -0.1) is 0 Å². The van der Waals surface area contributed by atoms with Crippen LogP contribution in [0.25, 0.3) is 5.57 Å². The molecule has 0 aliphatic carbocycles. The van der Waals surface area contributed by atoms with Crippen LogP contribution < -0.4 is 4.90 Å². The Balaban J connectivity index is 1.72. The second-order valence-electron chi connectivity index (χ2n) is 9.17. The fourth-order valence-electron chi connectivity index (χ4n) is 4.67. The average molecular weight is 432 g/mol. The van der Waals surface area contributed by atoms with Crippen LogP contribution in [0.1, 0.15) is 51.7 Å². The average Bonchev–Trinajstić information content (AvgIpc) is 3.11. The van der Waals surface area contributed by atoms with Crippen molar-refractivity contribution in [2.75, 3.05) is 24.5 Å². The third-order valence-corrected chi connectivity index (χ3v) is 6.80. The third kappa shape index (κ3) is 4.21. The number of carbonyl (C=O) groups is 2. The van der Waals surface area contributed by atoms with E-state index in [-0.39, 0.29) is 17.9 Å². The number of rotatable bonds is 6. The number of hydrogen-bond donors (Lipinski definition) is 0. The van der Waals surface area contributed by atoms with Gasteiger partial charge in [0.25, 0.3) is 5.91 Å². The molecule has 0 atom stereocenters. The first-order valence-corrected chi connectivity index (χ1v) is 11.8. The summed E-state index contributed by atoms with van der Waals surface area (Å²) in [4.78, 5) is 34.3. The minimum Gasteiger partial charge on any atom is -0.332 e. The van der Waals surface area contributed by atoms with Crippen molar-refractivity contribution < 1.29 is 9.59 Å². The molecule has 3 aliphatic heterocycles. The third-order valence-electron chi connectivity index (χ3n) is 6.80. The Bertz CT molecular complexity index is 1030. The van der Waals surface area contributed by atoms with Crippen LogP contribution >= 0.6 is 0 Å². The highest BCUT2D eigenvalue weighted by molar-refractivity contribution is 6.21. The van der Waals surface area contributed by atoms with Gasteiger partial charge in [-0.1, -0.05) is 44.9 Å². The molecule has 0 bridgehead atoms. The summed E-state index contributed by atoms with van der Waals surface area (Å²) in [6.07, 6.45) is 10.6. The van der Waals surface area contributed by atoms with E-state index in [1.807, 2.05) is 60.2 Å². The molecule has 168 valence electrons. The molecule has 1 aromatic carbocycles. The van der Waals surface area contributed by atoms with Crippen molar-refractivity contribution in [3.05, 3.63) is 58.7 Å². The lowest BCUT2D eigenvalue weighted by Gasteiger charge is -2.33. The van der Waals surface area contributed by atoms with Crippen molar-refractivity contribution in [3.63, 3.8) is 0 Å². The number of fused-ring (bicyclic) bond motifs is 1. The molecule has 3 heterocycles. The number of dihydropyridines is 1. The quantitative estimate of drug-likeness (QED) is 0.662. The highest BCUT2D eigenvalue weighted by Gasteiger charge is 2.32. The number of nitrogens with zero attached hydrogens (tertiary/aromatic N) is 3. The van der Waals surface area contributed by atoms with Crippen LogP contribution in [-0.4, -0.2) is 48.6 Å². The lowest BCUT2D eigenvalue weighted by Crippen LogP contribution is -2.41. The van der Waals surface area contributed by atoms with E-state index in [1.165, 1.54) is 0 Å². The molecule has 32 heavy (non-hydrogen) atoms. The lowest BCUT2D eigenvalue weighted by molar-refractivity contribution is -0.126. The molecule has 0 aromatic heterocycles. The zero-order valence-corrected chi connectivity index (χ0v) is 19.6. The molecular weight excluding hydrogens is 398 g/mol. The zero-order valence-electron chi connectivity index (χ0n) is 19.6. The van der Waals surface area contributed by atoms with Crippen molar-refractivity contribution in [2.24, 2.45) is 10.9 Å². The van der Waals surface area contributed by atoms with Gasteiger partial charge in [0.05, 0.1) is 13.0 Å². The van der Waals surface area contributed by atoms with Crippen LogP contribution in [0.3, 0.4) is 0 Å². The van der Waals surface area contributed by atoms with E-state index in [1.54, 1.807) is 0 Å². The maximum absolute atomic E-state index is 13.4. The van der Waals surface area contributed by atoms with E-state index in [4.69, 9.17) is 0 Å². The predicted molar refractivity (Wildman–Crippen MR) is 131 cm³/mol. The second-order valence-corrected chi connectivity index (χ2v) is 9.17. The van der Waals surface area contributed by atoms with Crippen molar-refractivity contribution >= 4 is 29.3 Å². The Morgan fingerprint density at radius 2 is 1.91 bits per heavy atom. The number of allylic oxidation sites excluding steroid dienone is 2. The molecule has 5 heteroatoms. The largest absolute Gasteiger partial charge is 0.332 e. The summed E-state index contributed by atoms with van der Waals surface area (Å²) in [5.74, 6) is 0.702. The maximum atomic E-state index is 13.4. The number of hydrogen-bond acceptors (Lipinski definition) is 3. The Labute approximate surface area is 191 Å². The summed E-state index contributed by atoms with van der Waals surface area (Å²) < 4.78 is 0. The van der Waals surface area contributed by atoms with Gasteiger partial charge in [0.1, 0.15) is 0 Å². The van der Waals surface area contributed by atoms with Crippen LogP contribution in [0.15, 0.2) is 52.6 Å². The van der Waals surface area contributed by atoms with Crippen LogP contribution in [-0.2, 0) is 16.0 Å². The van der Waals surface area contributed by atoms with Crippen LogP contribution in [0, 0.1) is 5.92 Å². The molecule has 0 unspecified atom stereocenters. The summed E-state index contributed by atoms with van der Waals surface area (Å²) in [5.41, 5.74) is 5.73. The molecule has 0 spiro atoms. The number of benzene rings is 1. The first-order chi connectivity index (χ1) is 15.4. The molecule has 2 amide bonds. The molecule has 0 saturated carbocycles. The van der Waals surface area contributed by atoms with E-state index in [9.17, 15) is 9.59 Å². The fourth-order valence-corrected chi connectivity index (χ4v) is 4.67. The van der Waals surface area contributed by atoms with Gasteiger partial charge in [0, 0.05) is 36.6 Å². The van der Waals surface area contributed by atoms with E-state index >= 15 is 0 Å². The standard InChI is InChI=1S/C27H33N3O2/c1-5-19(6-2)16-30-25-10-9-20(12-22(25)14-26(30)31)24-13-23(21-8-7-11-28-15-21)17-29(18(3)4)27(24)32/h7-10,12-13,15,18-19H,5-6,11,14,16-17H2,1-4H3. The number of amides is 2. The molecule has 3 aliphatic rings. The second kappa shape index (κ2) is 9.27. The summed E-state index contributed by atoms with van der Waals surface area (Å²) in [7, 11) is 0. The summed E-state index contributed by atoms with van der Waals surface area (Å²) in [5, 5.41) is 0. The Morgan fingerprint density at radius 3 is 2.56 bits per heavy atom. The molecule has 4 rings (SSSR count). The summed E-state index contributed by atoms with van der Waals surface area (Å²) >= 11 is 0. The number of anilines is 1. The van der Waals surface area contributed by atoms with Crippen molar-refractivity contribution in [1.29, 1.82) is 0 Å². The van der Waals surface area contributed by atoms with Crippen molar-refractivity contribution in [3.8, 4) is 0 Å². The summed E-state index contributed by atoms with van der Waals surface area (Å²) in [6, 6.07) is 6.16. The molecule has 5 nitrogen and oxygen atoms in total. The van der Waals surface area contributed by atoms with Crippen molar-refractivity contribution in [2.45, 2.75) is 53.0 Å². The Hall–Kier alpha value is -2.95. The lowest BCUT2D eigenvalue weighted by atomic mass is 9.92. The minimum absolute atomic E-state index is 0.0410. The van der Waals surface area contributed by atoms with Gasteiger partial charge in [0.2, 0.25) is 5.91 Å². The van der Waals surface area contributed by atoms with E-state index < -0.39 is 0 Å². The number of carbonyl (C=O) groups excluding carboxylic acids is 2. The van der Waals surface area contributed by atoms with Gasteiger partial charge in [0.15, 0.2) is 0 Å². The topological polar surface area (TPSA) is 53.0 Å². The highest BCUT2D eigenvalue weighted by Crippen LogP contribution is 2.35. The smallest absolute Gasteiger partial charge is 0.255 e. The van der Waals surface area contributed by atoms with Gasteiger partial charge in [-0.05, 0) is 60.2 Å². The maximum Gasteiger partial charge on any atom is 0.255 e. The van der Waals surface area contributed by atoms with Crippen LogP contribution in [0.4, 0.5) is 5.69 Å². The van der Waals surface area contributed by atoms with E-state index in [2.05, 4.69) is 24.9 Å². The molecule has 0 N–H and O–H groups in total. The van der Waals surface area contributed by atoms with Crippen LogP contribution in [0.5, 0.6) is 0 Å². The van der Waals surface area contributed by atoms with Gasteiger partial charge in [-0.3, -0.25) is 14.6 Å². The van der Waals surface area contributed by atoms with Gasteiger partial charge < -0.3 is 9.80 Å². The highest BCUT2D eigenvalue weighted by atomic mass is 16.2. The van der Waals surface area contributed by atoms with Crippen molar-refractivity contribution in [1.82, 2.24) is 4.90 Å². The minimum atomic E-state index is 0.0410. The van der Waals surface area contributed by atoms with Gasteiger partial charge in [-0.2, -0.15) is 0 Å². The zero-order chi connectivity index (χ0) is 22.8.